The molecule has 1 heterocycles. The Labute approximate surface area is 98.5 Å². The first-order valence-corrected chi connectivity index (χ1v) is 6.21. The van der Waals surface area contributed by atoms with Gasteiger partial charge in [0.1, 0.15) is 0 Å². The fourth-order valence-electron chi connectivity index (χ4n) is 1.77. The minimum Gasteiger partial charge on any atom is -0.396 e. The van der Waals surface area contributed by atoms with Gasteiger partial charge in [-0.3, -0.25) is 4.98 Å². The fourth-order valence-corrected chi connectivity index (χ4v) is 1.77. The minimum absolute atomic E-state index is 0.729. The molecule has 0 aliphatic carbocycles. The summed E-state index contributed by atoms with van der Waals surface area (Å²) in [5, 5.41) is 3.41. The second-order valence-electron chi connectivity index (χ2n) is 4.26. The molecule has 0 radical (unpaired) electrons. The monoisotopic (exact) mass is 221 g/mol. The maximum absolute atomic E-state index is 5.82. The zero-order valence-electron chi connectivity index (χ0n) is 10.4. The maximum Gasteiger partial charge on any atom is 0.0736 e. The molecule has 0 spiro atoms. The summed E-state index contributed by atoms with van der Waals surface area (Å²) in [5.41, 5.74) is 7.56. The molecule has 0 aromatic carbocycles. The predicted octanol–water partition coefficient (Wildman–Crippen LogP) is 3.29. The van der Waals surface area contributed by atoms with Gasteiger partial charge in [0.2, 0.25) is 0 Å². The Kier molecular flexibility index (Phi) is 5.68. The highest BCUT2D eigenvalue weighted by molar-refractivity contribution is 5.64. The second-order valence-corrected chi connectivity index (χ2v) is 4.26. The number of rotatable bonds is 7. The Bertz CT molecular complexity index is 299. The van der Waals surface area contributed by atoms with E-state index in [0.29, 0.717) is 0 Å². The molecule has 1 unspecified atom stereocenters. The van der Waals surface area contributed by atoms with Crippen LogP contribution in [0.1, 0.15) is 39.5 Å². The lowest BCUT2D eigenvalue weighted by Gasteiger charge is -2.16. The van der Waals surface area contributed by atoms with E-state index in [1.54, 1.807) is 12.4 Å². The van der Waals surface area contributed by atoms with Crippen LogP contribution in [0.4, 0.5) is 11.4 Å². The van der Waals surface area contributed by atoms with E-state index in [0.717, 1.165) is 23.8 Å². The molecule has 0 saturated carbocycles. The van der Waals surface area contributed by atoms with Gasteiger partial charge in [0.15, 0.2) is 0 Å². The van der Waals surface area contributed by atoms with Crippen LogP contribution in [-0.4, -0.2) is 11.5 Å². The van der Waals surface area contributed by atoms with E-state index in [9.17, 15) is 0 Å². The van der Waals surface area contributed by atoms with Gasteiger partial charge in [-0.15, -0.1) is 0 Å². The van der Waals surface area contributed by atoms with Crippen LogP contribution < -0.4 is 11.1 Å². The third kappa shape index (κ3) is 4.09. The molecule has 1 aromatic heterocycles. The van der Waals surface area contributed by atoms with E-state index in [1.807, 2.05) is 6.07 Å². The third-order valence-corrected chi connectivity index (χ3v) is 2.98. The molecule has 0 saturated heterocycles. The number of anilines is 2. The highest BCUT2D eigenvalue weighted by Crippen LogP contribution is 2.18. The van der Waals surface area contributed by atoms with Crippen molar-refractivity contribution in [2.24, 2.45) is 5.92 Å². The van der Waals surface area contributed by atoms with Crippen molar-refractivity contribution >= 4 is 11.4 Å². The Morgan fingerprint density at radius 1 is 1.44 bits per heavy atom. The van der Waals surface area contributed by atoms with Gasteiger partial charge in [-0.25, -0.2) is 0 Å². The highest BCUT2D eigenvalue weighted by Gasteiger charge is 2.06. The number of nitrogens with two attached hydrogens (primary N) is 1. The minimum atomic E-state index is 0.729. The molecule has 1 aromatic rings. The van der Waals surface area contributed by atoms with Gasteiger partial charge in [0.25, 0.3) is 0 Å². The molecule has 0 fully saturated rings. The SMILES string of the molecule is CCCCC(CC)CNc1ccncc1N. The summed E-state index contributed by atoms with van der Waals surface area (Å²) >= 11 is 0. The van der Waals surface area contributed by atoms with Crippen LogP contribution in [0.2, 0.25) is 0 Å². The van der Waals surface area contributed by atoms with Crippen LogP contribution in [0.5, 0.6) is 0 Å². The molecular formula is C13H23N3. The van der Waals surface area contributed by atoms with E-state index in [4.69, 9.17) is 5.73 Å². The fraction of sp³-hybridized carbons (Fsp3) is 0.615. The molecule has 3 N–H and O–H groups in total. The normalized spacial score (nSPS) is 12.4. The van der Waals surface area contributed by atoms with Gasteiger partial charge in [-0.05, 0) is 18.4 Å². The first-order valence-electron chi connectivity index (χ1n) is 6.21. The largest absolute Gasteiger partial charge is 0.396 e. The molecule has 0 aliphatic rings. The smallest absolute Gasteiger partial charge is 0.0736 e. The summed E-state index contributed by atoms with van der Waals surface area (Å²) in [6.45, 7) is 5.49. The van der Waals surface area contributed by atoms with Crippen molar-refractivity contribution in [3.8, 4) is 0 Å². The molecule has 3 nitrogen and oxygen atoms in total. The van der Waals surface area contributed by atoms with Crippen molar-refractivity contribution in [1.82, 2.24) is 4.98 Å². The first-order chi connectivity index (χ1) is 7.77. The van der Waals surface area contributed by atoms with Gasteiger partial charge in [-0.2, -0.15) is 0 Å². The van der Waals surface area contributed by atoms with Crippen LogP contribution in [0, 0.1) is 5.92 Å². The Hall–Kier alpha value is -1.25. The van der Waals surface area contributed by atoms with Gasteiger partial charge >= 0.3 is 0 Å². The Morgan fingerprint density at radius 3 is 2.88 bits per heavy atom. The molecule has 0 aliphatic heterocycles. The third-order valence-electron chi connectivity index (χ3n) is 2.98. The first kappa shape index (κ1) is 12.8. The molecule has 90 valence electrons. The zero-order valence-corrected chi connectivity index (χ0v) is 10.4. The van der Waals surface area contributed by atoms with Crippen LogP contribution in [0.3, 0.4) is 0 Å². The number of nitrogens with zero attached hydrogens (tertiary/aromatic N) is 1. The molecule has 0 bridgehead atoms. The maximum atomic E-state index is 5.82. The lowest BCUT2D eigenvalue weighted by molar-refractivity contribution is 0.473. The van der Waals surface area contributed by atoms with Crippen molar-refractivity contribution in [2.45, 2.75) is 39.5 Å². The second kappa shape index (κ2) is 7.09. The lowest BCUT2D eigenvalue weighted by Crippen LogP contribution is -2.14. The zero-order chi connectivity index (χ0) is 11.8. The number of pyridine rings is 1. The number of hydrogen-bond acceptors (Lipinski definition) is 3. The summed E-state index contributed by atoms with van der Waals surface area (Å²) in [6, 6.07) is 1.93. The predicted molar refractivity (Wildman–Crippen MR) is 70.4 cm³/mol. The van der Waals surface area contributed by atoms with E-state index in [-0.39, 0.29) is 0 Å². The summed E-state index contributed by atoms with van der Waals surface area (Å²) in [5.74, 6) is 0.743. The van der Waals surface area contributed by atoms with E-state index in [2.05, 4.69) is 24.1 Å². The molecule has 16 heavy (non-hydrogen) atoms. The number of nitrogen functional groups attached to an aromatic ring is 1. The Morgan fingerprint density at radius 2 is 2.25 bits per heavy atom. The van der Waals surface area contributed by atoms with Crippen LogP contribution in [-0.2, 0) is 0 Å². The topological polar surface area (TPSA) is 50.9 Å². The molecule has 0 amide bonds. The van der Waals surface area contributed by atoms with Crippen molar-refractivity contribution < 1.29 is 0 Å². The molecule has 1 rings (SSSR count). The van der Waals surface area contributed by atoms with E-state index in [1.165, 1.54) is 25.7 Å². The summed E-state index contributed by atoms with van der Waals surface area (Å²) < 4.78 is 0. The van der Waals surface area contributed by atoms with Crippen LogP contribution in [0.15, 0.2) is 18.5 Å². The van der Waals surface area contributed by atoms with E-state index >= 15 is 0 Å². The van der Waals surface area contributed by atoms with Crippen molar-refractivity contribution in [1.29, 1.82) is 0 Å². The average molecular weight is 221 g/mol. The highest BCUT2D eigenvalue weighted by atomic mass is 14.9. The van der Waals surface area contributed by atoms with Gasteiger partial charge in [0.05, 0.1) is 17.6 Å². The standard InChI is InChI=1S/C13H23N3/c1-3-5-6-11(4-2)9-16-13-7-8-15-10-12(13)14/h7-8,10-11H,3-6,9,14H2,1-2H3,(H,15,16). The Balaban J connectivity index is 2.40. The number of nitrogens with one attached hydrogen (secondary N) is 1. The van der Waals surface area contributed by atoms with Gasteiger partial charge < -0.3 is 11.1 Å². The lowest BCUT2D eigenvalue weighted by atomic mass is 9.99. The number of aromatic nitrogens is 1. The van der Waals surface area contributed by atoms with E-state index < -0.39 is 0 Å². The van der Waals surface area contributed by atoms with Gasteiger partial charge in [0, 0.05) is 12.7 Å². The van der Waals surface area contributed by atoms with Crippen molar-refractivity contribution in [2.75, 3.05) is 17.6 Å². The van der Waals surface area contributed by atoms with Gasteiger partial charge in [-0.1, -0.05) is 33.1 Å². The number of unbranched alkanes of at least 4 members (excludes halogenated alkanes) is 1. The van der Waals surface area contributed by atoms with Crippen molar-refractivity contribution in [3.63, 3.8) is 0 Å². The molecular weight excluding hydrogens is 198 g/mol. The summed E-state index contributed by atoms with van der Waals surface area (Å²) in [7, 11) is 0. The van der Waals surface area contributed by atoms with Crippen LogP contribution in [0.25, 0.3) is 0 Å². The van der Waals surface area contributed by atoms with Crippen molar-refractivity contribution in [3.05, 3.63) is 18.5 Å². The summed E-state index contributed by atoms with van der Waals surface area (Å²) in [6.07, 6.45) is 8.56. The number of hydrogen-bond donors (Lipinski definition) is 2. The van der Waals surface area contributed by atoms with Crippen LogP contribution >= 0.6 is 0 Å². The summed E-state index contributed by atoms with van der Waals surface area (Å²) in [4.78, 5) is 3.98. The molecule has 1 atom stereocenters. The average Bonchev–Trinajstić information content (AvgIpc) is 2.31. The molecule has 3 heteroatoms. The quantitative estimate of drug-likeness (QED) is 0.742.